The van der Waals surface area contributed by atoms with Gasteiger partial charge >= 0.3 is 29.6 Å². The van der Waals surface area contributed by atoms with Gasteiger partial charge in [-0.25, -0.2) is 0 Å². The van der Waals surface area contributed by atoms with E-state index in [1.165, 1.54) is 50.5 Å². The van der Waals surface area contributed by atoms with E-state index in [2.05, 4.69) is 19.1 Å². The predicted molar refractivity (Wildman–Crippen MR) is 96.5 cm³/mol. The first-order valence-corrected chi connectivity index (χ1v) is 10.2. The van der Waals surface area contributed by atoms with Crippen molar-refractivity contribution in [3.05, 3.63) is 29.8 Å². The van der Waals surface area contributed by atoms with E-state index in [0.29, 0.717) is 13.0 Å². The molecule has 1 aromatic rings. The Hall–Kier alpha value is -0.0300. The van der Waals surface area contributed by atoms with Crippen LogP contribution < -0.4 is 34.3 Å². The van der Waals surface area contributed by atoms with Gasteiger partial charge in [0.25, 0.3) is 0 Å². The molecule has 24 heavy (non-hydrogen) atoms. The van der Waals surface area contributed by atoms with Crippen LogP contribution in [-0.2, 0) is 25.5 Å². The number of unbranched alkanes of at least 4 members (excludes halogenated alkanes) is 7. The van der Waals surface area contributed by atoms with Crippen LogP contribution in [0.25, 0.3) is 0 Å². The van der Waals surface area contributed by atoms with Gasteiger partial charge in [0.2, 0.25) is 0 Å². The van der Waals surface area contributed by atoms with Crippen LogP contribution in [0.4, 0.5) is 0 Å². The van der Waals surface area contributed by atoms with Crippen LogP contribution in [-0.4, -0.2) is 12.4 Å². The van der Waals surface area contributed by atoms with E-state index in [-0.39, 0.29) is 35.3 Å². The first-order chi connectivity index (χ1) is 11.2. The van der Waals surface area contributed by atoms with Crippen LogP contribution in [0.15, 0.2) is 24.3 Å². The molecule has 0 aromatic heterocycles. The Morgan fingerprint density at radius 1 is 0.833 bits per heavy atom. The average molecular weight is 363 g/mol. The zero-order valence-corrected chi connectivity index (χ0v) is 18.2. The third-order valence-electron chi connectivity index (χ3n) is 3.97. The van der Waals surface area contributed by atoms with Crippen LogP contribution >= 0.6 is 0 Å². The number of aryl methyl sites for hydroxylation is 1. The number of hydrogen-bond acceptors (Lipinski definition) is 4. The smallest absolute Gasteiger partial charge is 0.494 e. The largest absolute Gasteiger partial charge is 1.00 e. The minimum Gasteiger partial charge on any atom is -0.494 e. The van der Waals surface area contributed by atoms with E-state index < -0.39 is 10.7 Å². The molecule has 0 aliphatic carbocycles. The summed E-state index contributed by atoms with van der Waals surface area (Å²) in [5.74, 6) is 1.09. The van der Waals surface area contributed by atoms with Crippen molar-refractivity contribution in [2.24, 2.45) is 0 Å². The van der Waals surface area contributed by atoms with E-state index >= 15 is 0 Å². The van der Waals surface area contributed by atoms with Crippen molar-refractivity contribution in [3.63, 3.8) is 0 Å². The molecule has 0 atom stereocenters. The van der Waals surface area contributed by atoms with E-state index in [9.17, 15) is 8.42 Å². The Morgan fingerprint density at radius 3 is 2.08 bits per heavy atom. The molecule has 0 spiro atoms. The molecule has 1 aromatic carbocycles. The zero-order valence-electron chi connectivity index (χ0n) is 15.4. The molecule has 0 aliphatic rings. The molecule has 0 bridgehead atoms. The summed E-state index contributed by atoms with van der Waals surface area (Å²) in [7, 11) is -1.93. The number of ether oxygens (including phenoxy) is 1. The van der Waals surface area contributed by atoms with Gasteiger partial charge in [-0.1, -0.05) is 80.5 Å². The molecular formula is C19H31NaO3S. The Labute approximate surface area is 171 Å². The second-order valence-electron chi connectivity index (χ2n) is 6.08. The second-order valence-corrected chi connectivity index (χ2v) is 7.09. The fourth-order valence-electron chi connectivity index (χ4n) is 2.55. The van der Waals surface area contributed by atoms with Crippen molar-refractivity contribution < 1.29 is 42.7 Å². The fraction of sp³-hybridized carbons (Fsp3) is 0.684. The van der Waals surface area contributed by atoms with Gasteiger partial charge in [-0.05, 0) is 37.0 Å². The van der Waals surface area contributed by atoms with Crippen LogP contribution in [0.5, 0.6) is 5.75 Å². The topological polar surface area (TPSA) is 43.4 Å². The first-order valence-electron chi connectivity index (χ1n) is 9.00. The molecule has 0 fully saturated rings. The van der Waals surface area contributed by atoms with Gasteiger partial charge in [-0.2, -0.15) is 0 Å². The maximum Gasteiger partial charge on any atom is 1.00 e. The standard InChI is InChI=1S/C19H31O3S.Na/c1-2-3-4-5-6-7-8-11-18-12-14-19(15-13-18)22-16-9-10-17-23(20)21;/h12-15H,2-11,16-17H2,1H3;/q-1;+1. The molecule has 0 heterocycles. The average Bonchev–Trinajstić information content (AvgIpc) is 2.55. The monoisotopic (exact) mass is 362 g/mol. The molecule has 0 saturated carbocycles. The molecule has 132 valence electrons. The number of rotatable bonds is 14. The SMILES string of the molecule is CCCCCCCCCc1ccc(OCCCC[S-](=O)=O)cc1.[Na+]. The van der Waals surface area contributed by atoms with Gasteiger partial charge in [-0.15, -0.1) is 0 Å². The van der Waals surface area contributed by atoms with Gasteiger partial charge < -0.3 is 13.2 Å². The third-order valence-corrected chi connectivity index (χ3v) is 4.59. The van der Waals surface area contributed by atoms with Crippen LogP contribution in [0.1, 0.15) is 70.3 Å². The minimum absolute atomic E-state index is 0. The van der Waals surface area contributed by atoms with Crippen molar-refractivity contribution in [2.75, 3.05) is 12.4 Å². The van der Waals surface area contributed by atoms with Gasteiger partial charge in [-0.3, -0.25) is 0 Å². The van der Waals surface area contributed by atoms with Crippen molar-refractivity contribution in [2.45, 2.75) is 71.1 Å². The maximum atomic E-state index is 10.4. The second kappa shape index (κ2) is 16.4. The molecular weight excluding hydrogens is 331 g/mol. The number of hydrogen-bond donors (Lipinski definition) is 0. The Morgan fingerprint density at radius 2 is 1.46 bits per heavy atom. The van der Waals surface area contributed by atoms with E-state index in [0.717, 1.165) is 18.6 Å². The summed E-state index contributed by atoms with van der Waals surface area (Å²) in [6.45, 7) is 2.83. The van der Waals surface area contributed by atoms with Crippen molar-refractivity contribution >= 4 is 10.7 Å². The van der Waals surface area contributed by atoms with Gasteiger partial charge in [0.1, 0.15) is 5.75 Å². The Bertz CT molecular complexity index is 464. The summed E-state index contributed by atoms with van der Waals surface area (Å²) in [5, 5.41) is 0. The summed E-state index contributed by atoms with van der Waals surface area (Å²) >= 11 is 0. The number of benzene rings is 1. The Kier molecular flexibility index (Phi) is 16.4. The van der Waals surface area contributed by atoms with Gasteiger partial charge in [0.15, 0.2) is 0 Å². The van der Waals surface area contributed by atoms with E-state index in [4.69, 9.17) is 4.74 Å². The van der Waals surface area contributed by atoms with Crippen LogP contribution in [0.3, 0.4) is 0 Å². The maximum absolute atomic E-state index is 10.4. The van der Waals surface area contributed by atoms with Crippen molar-refractivity contribution in [3.8, 4) is 5.75 Å². The summed E-state index contributed by atoms with van der Waals surface area (Å²) in [4.78, 5) is 0. The van der Waals surface area contributed by atoms with Crippen LogP contribution in [0, 0.1) is 0 Å². The fourth-order valence-corrected chi connectivity index (χ4v) is 2.99. The molecule has 0 aliphatic heterocycles. The summed E-state index contributed by atoms with van der Waals surface area (Å²) in [6.07, 6.45) is 12.0. The molecule has 1 rings (SSSR count). The normalized spacial score (nSPS) is 10.6. The molecule has 3 nitrogen and oxygen atoms in total. The molecule has 0 radical (unpaired) electrons. The van der Waals surface area contributed by atoms with Crippen molar-refractivity contribution in [1.82, 2.24) is 0 Å². The van der Waals surface area contributed by atoms with Crippen molar-refractivity contribution in [1.29, 1.82) is 0 Å². The predicted octanol–water partition coefficient (Wildman–Crippen LogP) is 2.45. The minimum atomic E-state index is -1.93. The summed E-state index contributed by atoms with van der Waals surface area (Å²) < 4.78 is 26.4. The Balaban J connectivity index is 0.00000529. The van der Waals surface area contributed by atoms with E-state index in [1.807, 2.05) is 12.1 Å². The van der Waals surface area contributed by atoms with Crippen LogP contribution in [0.2, 0.25) is 0 Å². The molecule has 5 heteroatoms. The molecule has 0 saturated heterocycles. The third kappa shape index (κ3) is 13.3. The molecule has 0 amide bonds. The van der Waals surface area contributed by atoms with Gasteiger partial charge in [0.05, 0.1) is 6.61 Å². The summed E-state index contributed by atoms with van der Waals surface area (Å²) in [6, 6.07) is 8.31. The summed E-state index contributed by atoms with van der Waals surface area (Å²) in [5.41, 5.74) is 1.37. The first kappa shape index (κ1) is 24.0. The molecule has 0 N–H and O–H groups in total. The molecule has 0 unspecified atom stereocenters. The quantitative estimate of drug-likeness (QED) is 0.290. The van der Waals surface area contributed by atoms with Gasteiger partial charge in [0, 0.05) is 0 Å². The van der Waals surface area contributed by atoms with E-state index in [1.54, 1.807) is 0 Å². The zero-order chi connectivity index (χ0) is 16.8.